The van der Waals surface area contributed by atoms with Crippen molar-refractivity contribution in [1.29, 1.82) is 0 Å². The Hall–Kier alpha value is -1.10. The van der Waals surface area contributed by atoms with Crippen molar-refractivity contribution in [3.05, 3.63) is 29.8 Å². The van der Waals surface area contributed by atoms with E-state index in [9.17, 15) is 5.11 Å². The third kappa shape index (κ3) is 2.91. The van der Waals surface area contributed by atoms with Gasteiger partial charge in [-0.3, -0.25) is 0 Å². The van der Waals surface area contributed by atoms with Gasteiger partial charge in [0.15, 0.2) is 0 Å². The maximum Gasteiger partial charge on any atom is 0.125 e. The number of aliphatic hydroxyl groups is 1. The Balaban J connectivity index is 1.57. The third-order valence-corrected chi connectivity index (χ3v) is 3.88. The lowest BCUT2D eigenvalue weighted by Gasteiger charge is -2.32. The van der Waals surface area contributed by atoms with E-state index in [-0.39, 0.29) is 6.10 Å². The number of para-hydroxylation sites is 1. The minimum absolute atomic E-state index is 0.266. The summed E-state index contributed by atoms with van der Waals surface area (Å²) in [7, 11) is 0. The molecular weight excluding hydrogens is 244 g/mol. The van der Waals surface area contributed by atoms with Crippen LogP contribution in [0.1, 0.15) is 24.5 Å². The van der Waals surface area contributed by atoms with E-state index in [1.807, 2.05) is 24.3 Å². The van der Waals surface area contributed by atoms with E-state index in [1.165, 1.54) is 0 Å². The van der Waals surface area contributed by atoms with Crippen LogP contribution in [-0.4, -0.2) is 37.6 Å². The van der Waals surface area contributed by atoms with Crippen molar-refractivity contribution >= 4 is 0 Å². The van der Waals surface area contributed by atoms with Crippen molar-refractivity contribution in [1.82, 2.24) is 0 Å². The van der Waals surface area contributed by atoms with Gasteiger partial charge in [-0.25, -0.2) is 0 Å². The first-order chi connectivity index (χ1) is 9.34. The fraction of sp³-hybridized carbons (Fsp3) is 0.600. The molecule has 1 aromatic carbocycles. The average molecular weight is 264 g/mol. The van der Waals surface area contributed by atoms with Crippen LogP contribution in [0.5, 0.6) is 5.75 Å². The second-order valence-electron chi connectivity index (χ2n) is 5.22. The first kappa shape index (κ1) is 12.9. The van der Waals surface area contributed by atoms with Crippen LogP contribution in [-0.2, 0) is 9.47 Å². The van der Waals surface area contributed by atoms with E-state index in [2.05, 4.69) is 0 Å². The molecule has 2 aliphatic rings. The van der Waals surface area contributed by atoms with Crippen LogP contribution >= 0.6 is 0 Å². The van der Waals surface area contributed by atoms with E-state index in [0.717, 1.165) is 37.4 Å². The summed E-state index contributed by atoms with van der Waals surface area (Å²) in [5.74, 6) is 1.30. The third-order valence-electron chi connectivity index (χ3n) is 3.88. The molecule has 1 aromatic rings. The summed E-state index contributed by atoms with van der Waals surface area (Å²) in [5, 5.41) is 10.3. The van der Waals surface area contributed by atoms with E-state index in [4.69, 9.17) is 14.2 Å². The van der Waals surface area contributed by atoms with Crippen molar-refractivity contribution in [2.45, 2.75) is 25.0 Å². The Morgan fingerprint density at radius 1 is 1.21 bits per heavy atom. The highest BCUT2D eigenvalue weighted by Gasteiger charge is 2.30. The van der Waals surface area contributed by atoms with E-state index < -0.39 is 6.10 Å². The zero-order chi connectivity index (χ0) is 13.1. The molecule has 0 aromatic heterocycles. The van der Waals surface area contributed by atoms with E-state index >= 15 is 0 Å². The van der Waals surface area contributed by atoms with Crippen LogP contribution in [0.3, 0.4) is 0 Å². The van der Waals surface area contributed by atoms with Gasteiger partial charge in [0.2, 0.25) is 0 Å². The topological polar surface area (TPSA) is 47.9 Å². The van der Waals surface area contributed by atoms with Crippen LogP contribution < -0.4 is 4.74 Å². The maximum absolute atomic E-state index is 10.3. The molecule has 2 atom stereocenters. The molecule has 0 spiro atoms. The zero-order valence-electron chi connectivity index (χ0n) is 11.0. The number of benzene rings is 1. The van der Waals surface area contributed by atoms with E-state index in [0.29, 0.717) is 19.1 Å². The van der Waals surface area contributed by atoms with E-state index in [1.54, 1.807) is 0 Å². The van der Waals surface area contributed by atoms with Crippen LogP contribution in [0.25, 0.3) is 0 Å². The van der Waals surface area contributed by atoms with Crippen molar-refractivity contribution in [2.24, 2.45) is 5.92 Å². The molecule has 2 heterocycles. The summed E-state index contributed by atoms with van der Waals surface area (Å²) in [6.45, 7) is 2.74. The Kier molecular flexibility index (Phi) is 4.01. The summed E-state index contributed by atoms with van der Waals surface area (Å²) in [4.78, 5) is 0. The number of ether oxygens (including phenoxy) is 3. The quantitative estimate of drug-likeness (QED) is 0.906. The lowest BCUT2D eigenvalue weighted by molar-refractivity contribution is -0.0902. The molecule has 0 radical (unpaired) electrons. The minimum atomic E-state index is -0.593. The predicted molar refractivity (Wildman–Crippen MR) is 70.2 cm³/mol. The predicted octanol–water partition coefficient (Wildman–Crippen LogP) is 1.92. The van der Waals surface area contributed by atoms with Crippen LogP contribution in [0, 0.1) is 5.92 Å². The largest absolute Gasteiger partial charge is 0.490 e. The van der Waals surface area contributed by atoms with Crippen LogP contribution in [0.2, 0.25) is 0 Å². The number of aliphatic hydroxyl groups excluding tert-OH is 1. The maximum atomic E-state index is 10.3. The molecule has 3 rings (SSSR count). The Morgan fingerprint density at radius 2 is 2.00 bits per heavy atom. The van der Waals surface area contributed by atoms with Crippen molar-refractivity contribution in [3.63, 3.8) is 0 Å². The average Bonchev–Trinajstić information content (AvgIpc) is 2.48. The molecule has 0 amide bonds. The normalized spacial score (nSPS) is 27.6. The molecular formula is C15H20O4. The van der Waals surface area contributed by atoms with Gasteiger partial charge in [-0.05, 0) is 24.8 Å². The second-order valence-corrected chi connectivity index (χ2v) is 5.22. The summed E-state index contributed by atoms with van der Waals surface area (Å²) >= 11 is 0. The number of hydrogen-bond donors (Lipinski definition) is 1. The lowest BCUT2D eigenvalue weighted by Crippen LogP contribution is -2.35. The molecule has 0 saturated carbocycles. The summed E-state index contributed by atoms with van der Waals surface area (Å²) in [5.41, 5.74) is 0.825. The SMILES string of the molecule is OC1c2ccccc2OCC1OCC1CCOCC1. The molecule has 19 heavy (non-hydrogen) atoms. The Bertz CT molecular complexity index is 414. The first-order valence-corrected chi connectivity index (χ1v) is 6.94. The highest BCUT2D eigenvalue weighted by Crippen LogP contribution is 2.33. The van der Waals surface area contributed by atoms with Crippen molar-refractivity contribution in [3.8, 4) is 5.75 Å². The van der Waals surface area contributed by atoms with Gasteiger partial charge in [0, 0.05) is 18.8 Å². The van der Waals surface area contributed by atoms with Gasteiger partial charge in [-0.2, -0.15) is 0 Å². The molecule has 2 unspecified atom stereocenters. The fourth-order valence-corrected chi connectivity index (χ4v) is 2.63. The molecule has 1 fully saturated rings. The molecule has 0 aliphatic carbocycles. The van der Waals surface area contributed by atoms with Gasteiger partial charge in [-0.1, -0.05) is 18.2 Å². The summed E-state index contributed by atoms with van der Waals surface area (Å²) < 4.78 is 16.8. The number of fused-ring (bicyclic) bond motifs is 1. The van der Waals surface area contributed by atoms with Gasteiger partial charge < -0.3 is 19.3 Å². The summed E-state index contributed by atoms with van der Waals surface area (Å²) in [6.07, 6.45) is 1.23. The second kappa shape index (κ2) is 5.90. The van der Waals surface area contributed by atoms with Crippen molar-refractivity contribution in [2.75, 3.05) is 26.4 Å². The van der Waals surface area contributed by atoms with Gasteiger partial charge in [0.1, 0.15) is 24.6 Å². The molecule has 1 saturated heterocycles. The smallest absolute Gasteiger partial charge is 0.125 e. The Labute approximate surface area is 113 Å². The lowest BCUT2D eigenvalue weighted by atomic mass is 9.99. The molecule has 104 valence electrons. The minimum Gasteiger partial charge on any atom is -0.490 e. The zero-order valence-corrected chi connectivity index (χ0v) is 11.0. The Morgan fingerprint density at radius 3 is 2.84 bits per heavy atom. The molecule has 4 nitrogen and oxygen atoms in total. The van der Waals surface area contributed by atoms with Gasteiger partial charge in [-0.15, -0.1) is 0 Å². The highest BCUT2D eigenvalue weighted by atomic mass is 16.5. The monoisotopic (exact) mass is 264 g/mol. The molecule has 4 heteroatoms. The molecule has 0 bridgehead atoms. The standard InChI is InChI=1S/C15H20O4/c16-15-12-3-1-2-4-13(12)19-10-14(15)18-9-11-5-7-17-8-6-11/h1-4,11,14-16H,5-10H2. The van der Waals surface area contributed by atoms with Gasteiger partial charge >= 0.3 is 0 Å². The highest BCUT2D eigenvalue weighted by molar-refractivity contribution is 5.37. The number of rotatable bonds is 3. The van der Waals surface area contributed by atoms with Crippen LogP contribution in [0.4, 0.5) is 0 Å². The first-order valence-electron chi connectivity index (χ1n) is 6.94. The number of hydrogen-bond acceptors (Lipinski definition) is 4. The molecule has 2 aliphatic heterocycles. The fourth-order valence-electron chi connectivity index (χ4n) is 2.63. The molecule has 1 N–H and O–H groups in total. The van der Waals surface area contributed by atoms with Crippen LogP contribution in [0.15, 0.2) is 24.3 Å². The summed E-state index contributed by atoms with van der Waals surface area (Å²) in [6, 6.07) is 7.60. The van der Waals surface area contributed by atoms with Gasteiger partial charge in [0.05, 0.1) is 6.61 Å². The van der Waals surface area contributed by atoms with Gasteiger partial charge in [0.25, 0.3) is 0 Å². The van der Waals surface area contributed by atoms with Crippen molar-refractivity contribution < 1.29 is 19.3 Å².